The van der Waals surface area contributed by atoms with E-state index in [4.69, 9.17) is 4.74 Å². The van der Waals surface area contributed by atoms with E-state index in [1.54, 1.807) is 19.2 Å². The first-order valence-corrected chi connectivity index (χ1v) is 12.7. The van der Waals surface area contributed by atoms with E-state index in [9.17, 15) is 14.4 Å². The summed E-state index contributed by atoms with van der Waals surface area (Å²) in [5, 5.41) is 6.21. The minimum absolute atomic E-state index is 0.174. The van der Waals surface area contributed by atoms with E-state index < -0.39 is 16.9 Å². The Morgan fingerprint density at radius 3 is 2.54 bits per heavy atom. The average molecular weight is 494 g/mol. The van der Waals surface area contributed by atoms with Gasteiger partial charge in [0.2, 0.25) is 5.91 Å². The Hall–Kier alpha value is -3.97. The zero-order chi connectivity index (χ0) is 25.5. The topological polar surface area (TPSA) is 87.7 Å². The third-order valence-electron chi connectivity index (χ3n) is 8.99. The molecule has 7 rings (SSSR count). The predicted molar refractivity (Wildman–Crippen MR) is 139 cm³/mol. The molecule has 7 nitrogen and oxygen atoms in total. The van der Waals surface area contributed by atoms with E-state index in [-0.39, 0.29) is 23.6 Å². The summed E-state index contributed by atoms with van der Waals surface area (Å²) in [6.07, 6.45) is 1.56. The number of anilines is 2. The molecule has 186 valence electrons. The third-order valence-corrected chi connectivity index (χ3v) is 8.99. The second-order valence-electron chi connectivity index (χ2n) is 10.4. The zero-order valence-electron chi connectivity index (χ0n) is 20.7. The fraction of sp³-hybridized carbons (Fsp3) is 0.300. The standard InChI is InChI=1S/C30H27N3O4/c1-17-9-7-12-20-25(17)32-28(36)30(20)29(19-11-4-5-13-21(19)31-27(29)35)24(22-14-8-16-33(22)30)26(34)18-10-3-6-15-23(18)37-2/h3-7,9-13,15,22,24H,8,14,16H2,1-2H3,(H,31,35)(H,32,36)/t22-,24+,29+,30+/m1/s1. The van der Waals surface area contributed by atoms with Crippen LogP contribution in [0.3, 0.4) is 0 Å². The van der Waals surface area contributed by atoms with Crippen LogP contribution in [0.4, 0.5) is 11.4 Å². The summed E-state index contributed by atoms with van der Waals surface area (Å²) in [4.78, 5) is 45.8. The maximum Gasteiger partial charge on any atom is 0.251 e. The van der Waals surface area contributed by atoms with Gasteiger partial charge in [0.05, 0.1) is 18.6 Å². The number of fused-ring (bicyclic) bond motifs is 7. The van der Waals surface area contributed by atoms with Crippen molar-refractivity contribution in [1.82, 2.24) is 4.90 Å². The lowest BCUT2D eigenvalue weighted by molar-refractivity contribution is -0.137. The van der Waals surface area contributed by atoms with Crippen LogP contribution in [0.5, 0.6) is 5.75 Å². The second kappa shape index (κ2) is 7.52. The van der Waals surface area contributed by atoms with Gasteiger partial charge in [-0.15, -0.1) is 0 Å². The van der Waals surface area contributed by atoms with Gasteiger partial charge in [-0.05, 0) is 55.6 Å². The summed E-state index contributed by atoms with van der Waals surface area (Å²) in [6.45, 7) is 2.58. The van der Waals surface area contributed by atoms with E-state index >= 15 is 0 Å². The van der Waals surface area contributed by atoms with Gasteiger partial charge in [-0.2, -0.15) is 0 Å². The number of hydrogen-bond donors (Lipinski definition) is 2. The van der Waals surface area contributed by atoms with E-state index in [2.05, 4.69) is 15.5 Å². The average Bonchev–Trinajstić information content (AvgIpc) is 3.63. The molecule has 7 heteroatoms. The van der Waals surface area contributed by atoms with Gasteiger partial charge in [-0.25, -0.2) is 0 Å². The van der Waals surface area contributed by atoms with E-state index in [1.165, 1.54) is 0 Å². The van der Waals surface area contributed by atoms with Gasteiger partial charge < -0.3 is 15.4 Å². The molecule has 0 aliphatic carbocycles. The second-order valence-corrected chi connectivity index (χ2v) is 10.4. The Labute approximate surface area is 214 Å². The van der Waals surface area contributed by atoms with E-state index in [1.807, 2.05) is 61.5 Å². The number of Topliss-reactive ketones (excluding diaryl/α,β-unsaturated/α-hetero) is 1. The molecule has 0 aromatic heterocycles. The Morgan fingerprint density at radius 1 is 0.946 bits per heavy atom. The van der Waals surface area contributed by atoms with Crippen molar-refractivity contribution in [1.29, 1.82) is 0 Å². The molecule has 0 unspecified atom stereocenters. The fourth-order valence-corrected chi connectivity index (χ4v) is 7.77. The normalized spacial score (nSPS) is 29.2. The van der Waals surface area contributed by atoms with Crippen molar-refractivity contribution in [3.8, 4) is 5.75 Å². The number of rotatable bonds is 3. The number of nitrogens with zero attached hydrogens (tertiary/aromatic N) is 1. The summed E-state index contributed by atoms with van der Waals surface area (Å²) in [5.74, 6) is -1.04. The molecule has 2 amide bonds. The van der Waals surface area contributed by atoms with Gasteiger partial charge in [0, 0.05) is 23.0 Å². The lowest BCUT2D eigenvalue weighted by Crippen LogP contribution is -2.62. The molecular formula is C30H27N3O4. The van der Waals surface area contributed by atoms with Gasteiger partial charge in [0.25, 0.3) is 5.91 Å². The maximum absolute atomic E-state index is 14.7. The molecular weight excluding hydrogens is 466 g/mol. The van der Waals surface area contributed by atoms with Gasteiger partial charge in [0.15, 0.2) is 5.78 Å². The van der Waals surface area contributed by atoms with Crippen LogP contribution in [0, 0.1) is 12.8 Å². The summed E-state index contributed by atoms with van der Waals surface area (Å²) >= 11 is 0. The zero-order valence-corrected chi connectivity index (χ0v) is 20.7. The summed E-state index contributed by atoms with van der Waals surface area (Å²) in [5.41, 5.74) is 1.42. The largest absolute Gasteiger partial charge is 0.496 e. The van der Waals surface area contributed by atoms with Crippen LogP contribution in [0.25, 0.3) is 0 Å². The molecule has 0 bridgehead atoms. The molecule has 4 atom stereocenters. The molecule has 3 aromatic rings. The summed E-state index contributed by atoms with van der Waals surface area (Å²) < 4.78 is 5.58. The molecule has 4 heterocycles. The number of benzene rings is 3. The van der Waals surface area contributed by atoms with Crippen molar-refractivity contribution in [2.45, 2.75) is 36.8 Å². The Bertz CT molecular complexity index is 1520. The number of ketones is 1. The van der Waals surface area contributed by atoms with Crippen LogP contribution in [-0.2, 0) is 20.5 Å². The molecule has 2 spiro atoms. The molecule has 37 heavy (non-hydrogen) atoms. The van der Waals surface area contributed by atoms with Crippen LogP contribution >= 0.6 is 0 Å². The third kappa shape index (κ3) is 2.43. The van der Waals surface area contributed by atoms with Crippen molar-refractivity contribution >= 4 is 29.0 Å². The minimum Gasteiger partial charge on any atom is -0.496 e. The van der Waals surface area contributed by atoms with Crippen LogP contribution in [0.2, 0.25) is 0 Å². The van der Waals surface area contributed by atoms with Crippen molar-refractivity contribution < 1.29 is 19.1 Å². The summed E-state index contributed by atoms with van der Waals surface area (Å²) in [7, 11) is 1.54. The fourth-order valence-electron chi connectivity index (χ4n) is 7.77. The highest BCUT2D eigenvalue weighted by molar-refractivity contribution is 6.21. The molecule has 3 aromatic carbocycles. The van der Waals surface area contributed by atoms with E-state index in [0.29, 0.717) is 29.1 Å². The number of nitrogens with one attached hydrogen (secondary N) is 2. The number of para-hydroxylation sites is 3. The van der Waals surface area contributed by atoms with Crippen molar-refractivity contribution in [2.24, 2.45) is 5.92 Å². The van der Waals surface area contributed by atoms with Gasteiger partial charge in [0.1, 0.15) is 16.7 Å². The highest BCUT2D eigenvalue weighted by Crippen LogP contribution is 2.68. The van der Waals surface area contributed by atoms with Crippen molar-refractivity contribution in [2.75, 3.05) is 24.3 Å². The van der Waals surface area contributed by atoms with Crippen LogP contribution in [0.1, 0.15) is 39.9 Å². The number of carbonyl (C=O) groups is 3. The summed E-state index contributed by atoms with van der Waals surface area (Å²) in [6, 6.07) is 20.2. The molecule has 4 aliphatic heterocycles. The maximum atomic E-state index is 14.7. The highest BCUT2D eigenvalue weighted by Gasteiger charge is 2.81. The first-order valence-electron chi connectivity index (χ1n) is 12.7. The first kappa shape index (κ1) is 22.2. The van der Waals surface area contributed by atoms with Crippen LogP contribution in [-0.4, -0.2) is 42.2 Å². The van der Waals surface area contributed by atoms with Crippen molar-refractivity contribution in [3.05, 3.63) is 89.0 Å². The lowest BCUT2D eigenvalue weighted by Gasteiger charge is -2.43. The van der Waals surface area contributed by atoms with Crippen molar-refractivity contribution in [3.63, 3.8) is 0 Å². The molecule has 2 fully saturated rings. The predicted octanol–water partition coefficient (Wildman–Crippen LogP) is 4.02. The number of amides is 2. The van der Waals surface area contributed by atoms with Gasteiger partial charge in [-0.3, -0.25) is 19.3 Å². The molecule has 4 aliphatic rings. The quantitative estimate of drug-likeness (QED) is 0.538. The highest BCUT2D eigenvalue weighted by atomic mass is 16.5. The Kier molecular flexibility index (Phi) is 4.52. The number of methoxy groups -OCH3 is 1. The molecule has 2 N–H and O–H groups in total. The molecule has 0 saturated carbocycles. The van der Waals surface area contributed by atoms with Gasteiger partial charge >= 0.3 is 0 Å². The monoisotopic (exact) mass is 493 g/mol. The SMILES string of the molecule is COc1ccccc1C(=O)[C@@H]1[C@H]2CCCN2[C@@]2(C(=O)Nc3c(C)cccc32)[C@]12C(=O)Nc1ccccc12. The smallest absolute Gasteiger partial charge is 0.251 e. The van der Waals surface area contributed by atoms with Crippen LogP contribution < -0.4 is 15.4 Å². The van der Waals surface area contributed by atoms with E-state index in [0.717, 1.165) is 29.7 Å². The van der Waals surface area contributed by atoms with Crippen LogP contribution in [0.15, 0.2) is 66.7 Å². The number of carbonyl (C=O) groups excluding carboxylic acids is 3. The number of hydrogen-bond acceptors (Lipinski definition) is 5. The lowest BCUT2D eigenvalue weighted by atomic mass is 9.57. The molecule has 2 saturated heterocycles. The Balaban J connectivity index is 1.60. The Morgan fingerprint density at radius 2 is 1.70 bits per heavy atom. The number of ether oxygens (including phenoxy) is 1. The van der Waals surface area contributed by atoms with Gasteiger partial charge in [-0.1, -0.05) is 48.5 Å². The minimum atomic E-state index is -1.45. The molecule has 0 radical (unpaired) electrons. The first-order chi connectivity index (χ1) is 18.0. The number of aryl methyl sites for hydroxylation is 1.